The molecule has 1 saturated heterocycles. The Kier molecular flexibility index (Phi) is 7.95. The van der Waals surface area contributed by atoms with Gasteiger partial charge in [-0.2, -0.15) is 0 Å². The molecule has 0 N–H and O–H groups in total. The number of benzene rings is 1. The van der Waals surface area contributed by atoms with Crippen molar-refractivity contribution < 1.29 is 27.8 Å². The summed E-state index contributed by atoms with van der Waals surface area (Å²) in [6, 6.07) is 5.23. The van der Waals surface area contributed by atoms with Gasteiger partial charge in [-0.15, -0.1) is 0 Å². The first kappa shape index (κ1) is 26.9. The highest BCUT2D eigenvalue weighted by molar-refractivity contribution is 6.37. The molecule has 1 unspecified atom stereocenters. The second-order valence-electron chi connectivity index (χ2n) is 11.0. The van der Waals surface area contributed by atoms with E-state index in [9.17, 15) is 18.4 Å². The lowest BCUT2D eigenvalue weighted by Gasteiger charge is -2.36. The minimum absolute atomic E-state index is 0.0481. The highest BCUT2D eigenvalue weighted by Gasteiger charge is 2.35. The smallest absolute Gasteiger partial charge is 0.410 e. The maximum absolute atomic E-state index is 13.5. The number of alkyl halides is 2. The predicted molar refractivity (Wildman–Crippen MR) is 135 cm³/mol. The first-order valence-corrected chi connectivity index (χ1v) is 13.1. The van der Waals surface area contributed by atoms with Gasteiger partial charge in [0.25, 0.3) is 0 Å². The third-order valence-electron chi connectivity index (χ3n) is 7.04. The van der Waals surface area contributed by atoms with Crippen LogP contribution in [0.4, 0.5) is 13.6 Å². The molecule has 0 radical (unpaired) electrons. The van der Waals surface area contributed by atoms with Crippen LogP contribution < -0.4 is 0 Å². The number of aromatic nitrogens is 1. The van der Waals surface area contributed by atoms with Crippen LogP contribution in [0.2, 0.25) is 5.02 Å². The zero-order chi connectivity index (χ0) is 26.1. The molecule has 0 spiro atoms. The number of amides is 1. The number of hydrogen-bond donors (Lipinski definition) is 0. The Morgan fingerprint density at radius 3 is 2.64 bits per heavy atom. The Morgan fingerprint density at radius 1 is 1.22 bits per heavy atom. The lowest BCUT2D eigenvalue weighted by molar-refractivity contribution is -0.0464. The van der Waals surface area contributed by atoms with Crippen molar-refractivity contribution in [2.45, 2.75) is 83.4 Å². The van der Waals surface area contributed by atoms with Gasteiger partial charge in [-0.25, -0.2) is 13.6 Å². The predicted octanol–water partition coefficient (Wildman–Crippen LogP) is 6.72. The van der Waals surface area contributed by atoms with Gasteiger partial charge in [-0.05, 0) is 58.1 Å². The van der Waals surface area contributed by atoms with E-state index < -0.39 is 11.5 Å². The number of carbonyl (C=O) groups is 2. The van der Waals surface area contributed by atoms with E-state index in [1.807, 2.05) is 37.5 Å². The lowest BCUT2D eigenvalue weighted by atomic mass is 9.83. The topological polar surface area (TPSA) is 60.8 Å². The molecule has 2 heterocycles. The second-order valence-corrected chi connectivity index (χ2v) is 11.4. The van der Waals surface area contributed by atoms with Crippen LogP contribution in [-0.2, 0) is 16.0 Å². The normalized spacial score (nSPS) is 21.1. The van der Waals surface area contributed by atoms with Crippen LogP contribution >= 0.6 is 11.6 Å². The number of morpholine rings is 1. The summed E-state index contributed by atoms with van der Waals surface area (Å²) in [6.07, 6.45) is 2.99. The molecule has 1 aliphatic heterocycles. The molecule has 1 atom stereocenters. The number of fused-ring (bicyclic) bond motifs is 1. The van der Waals surface area contributed by atoms with E-state index in [1.165, 1.54) is 0 Å². The zero-order valence-electron chi connectivity index (χ0n) is 21.2. The van der Waals surface area contributed by atoms with E-state index >= 15 is 0 Å². The fourth-order valence-electron chi connectivity index (χ4n) is 5.12. The third kappa shape index (κ3) is 6.38. The first-order valence-electron chi connectivity index (χ1n) is 12.7. The zero-order valence-corrected chi connectivity index (χ0v) is 22.0. The Bertz CT molecular complexity index is 1100. The van der Waals surface area contributed by atoms with Gasteiger partial charge in [-0.1, -0.05) is 17.7 Å². The minimum Gasteiger partial charge on any atom is -0.444 e. The van der Waals surface area contributed by atoms with Crippen molar-refractivity contribution in [2.24, 2.45) is 5.92 Å². The number of carbonyl (C=O) groups excluding carboxylic acids is 2. The Hall–Kier alpha value is -2.19. The van der Waals surface area contributed by atoms with Gasteiger partial charge in [0.2, 0.25) is 5.92 Å². The van der Waals surface area contributed by atoms with E-state index in [2.05, 4.69) is 0 Å². The summed E-state index contributed by atoms with van der Waals surface area (Å²) in [6.45, 7) is 7.13. The molecule has 1 saturated carbocycles. The summed E-state index contributed by atoms with van der Waals surface area (Å²) in [5, 5.41) is 1.16. The Morgan fingerprint density at radius 2 is 1.94 bits per heavy atom. The maximum Gasteiger partial charge on any atom is 0.410 e. The fourth-order valence-corrected chi connectivity index (χ4v) is 5.40. The summed E-state index contributed by atoms with van der Waals surface area (Å²) in [7, 11) is 0. The number of ketones is 1. The van der Waals surface area contributed by atoms with Crippen LogP contribution in [0.3, 0.4) is 0 Å². The summed E-state index contributed by atoms with van der Waals surface area (Å²) in [4.78, 5) is 27.8. The monoisotopic (exact) mass is 524 g/mol. The van der Waals surface area contributed by atoms with Gasteiger partial charge in [0.15, 0.2) is 5.78 Å². The van der Waals surface area contributed by atoms with E-state index in [-0.39, 0.29) is 43.1 Å². The van der Waals surface area contributed by atoms with Crippen molar-refractivity contribution in [2.75, 3.05) is 19.8 Å². The quantitative estimate of drug-likeness (QED) is 0.394. The molecular weight excluding hydrogens is 490 g/mol. The van der Waals surface area contributed by atoms with E-state index in [0.717, 1.165) is 5.52 Å². The highest BCUT2D eigenvalue weighted by atomic mass is 35.5. The average Bonchev–Trinajstić information content (AvgIpc) is 3.17. The Balaban J connectivity index is 1.52. The first-order chi connectivity index (χ1) is 16.9. The van der Waals surface area contributed by atoms with Crippen molar-refractivity contribution in [3.8, 4) is 0 Å². The Labute approximate surface area is 215 Å². The number of halogens is 3. The molecule has 1 aliphatic carbocycles. The molecule has 2 aromatic rings. The molecule has 6 nitrogen and oxygen atoms in total. The number of Topliss-reactive ketones (excluding diaryl/α,β-unsaturated/α-hetero) is 1. The molecule has 2 aliphatic rings. The van der Waals surface area contributed by atoms with Crippen molar-refractivity contribution in [1.82, 2.24) is 9.47 Å². The fraction of sp³-hybridized carbons (Fsp3) is 0.630. The van der Waals surface area contributed by atoms with Crippen molar-refractivity contribution in [3.63, 3.8) is 0 Å². The molecule has 36 heavy (non-hydrogen) atoms. The number of nitrogens with zero attached hydrogens (tertiary/aromatic N) is 2. The van der Waals surface area contributed by atoms with Gasteiger partial charge in [0, 0.05) is 49.5 Å². The molecule has 1 amide bonds. The summed E-state index contributed by atoms with van der Waals surface area (Å²) in [5.74, 6) is -2.48. The molecule has 1 aromatic heterocycles. The van der Waals surface area contributed by atoms with E-state index in [4.69, 9.17) is 21.1 Å². The van der Waals surface area contributed by atoms with Crippen LogP contribution in [0.25, 0.3) is 10.9 Å². The van der Waals surface area contributed by atoms with Gasteiger partial charge >= 0.3 is 6.09 Å². The van der Waals surface area contributed by atoms with Gasteiger partial charge in [0.1, 0.15) is 5.60 Å². The van der Waals surface area contributed by atoms with E-state index in [1.54, 1.807) is 17.2 Å². The maximum atomic E-state index is 13.5. The SMILES string of the molecule is CC(C)(C)OC(=O)N1CCOCC1Cn1cc(C(=O)CCC2CCC(F)(F)CC2)c2c(Cl)cccc21. The number of ether oxygens (including phenoxy) is 2. The molecule has 2 fully saturated rings. The van der Waals surface area contributed by atoms with Crippen molar-refractivity contribution in [3.05, 3.63) is 35.0 Å². The summed E-state index contributed by atoms with van der Waals surface area (Å²) >= 11 is 6.54. The van der Waals surface area contributed by atoms with Gasteiger partial charge < -0.3 is 14.0 Å². The number of rotatable bonds is 6. The lowest BCUT2D eigenvalue weighted by Crippen LogP contribution is -2.51. The second kappa shape index (κ2) is 10.7. The minimum atomic E-state index is -2.57. The van der Waals surface area contributed by atoms with Crippen LogP contribution in [0.15, 0.2) is 24.4 Å². The van der Waals surface area contributed by atoms with Crippen LogP contribution in [-0.4, -0.2) is 58.7 Å². The van der Waals surface area contributed by atoms with Crippen LogP contribution in [0.5, 0.6) is 0 Å². The van der Waals surface area contributed by atoms with Crippen molar-refractivity contribution in [1.29, 1.82) is 0 Å². The van der Waals surface area contributed by atoms with Crippen LogP contribution in [0, 0.1) is 5.92 Å². The molecule has 0 bridgehead atoms. The molecule has 1 aromatic carbocycles. The van der Waals surface area contributed by atoms with Crippen molar-refractivity contribution >= 4 is 34.4 Å². The van der Waals surface area contributed by atoms with Gasteiger partial charge in [-0.3, -0.25) is 9.69 Å². The highest BCUT2D eigenvalue weighted by Crippen LogP contribution is 2.38. The molecule has 9 heteroatoms. The summed E-state index contributed by atoms with van der Waals surface area (Å²) < 4.78 is 40.2. The van der Waals surface area contributed by atoms with Gasteiger partial charge in [0.05, 0.1) is 29.8 Å². The molecule has 4 rings (SSSR count). The standard InChI is InChI=1S/C27H35ClF2N2O4/c1-26(2,3)36-25(34)32-13-14-35-17-19(32)15-31-16-20(24-21(28)5-4-6-22(24)31)23(33)8-7-18-9-11-27(29,30)12-10-18/h4-6,16,18-19H,7-15,17H2,1-3H3. The third-order valence-corrected chi connectivity index (χ3v) is 7.35. The van der Waals surface area contributed by atoms with E-state index in [0.29, 0.717) is 61.5 Å². The summed E-state index contributed by atoms with van der Waals surface area (Å²) in [5.41, 5.74) is 0.719. The van der Waals surface area contributed by atoms with Crippen LogP contribution in [0.1, 0.15) is 69.7 Å². The molecule has 198 valence electrons. The average molecular weight is 525 g/mol. The molecular formula is C27H35ClF2N2O4. The number of hydrogen-bond acceptors (Lipinski definition) is 4. The largest absolute Gasteiger partial charge is 0.444 e.